The predicted octanol–water partition coefficient (Wildman–Crippen LogP) is 4.08. The van der Waals surface area contributed by atoms with E-state index in [1.165, 1.54) is 19.3 Å². The summed E-state index contributed by atoms with van der Waals surface area (Å²) in [6, 6.07) is 8.29. The van der Waals surface area contributed by atoms with Gasteiger partial charge in [-0.15, -0.1) is 0 Å². The van der Waals surface area contributed by atoms with E-state index >= 15 is 0 Å². The Labute approximate surface area is 171 Å². The van der Waals surface area contributed by atoms with Crippen LogP contribution >= 0.6 is 0 Å². The minimum atomic E-state index is -1.83. The molecule has 0 atom stereocenters. The van der Waals surface area contributed by atoms with Gasteiger partial charge < -0.3 is 13.1 Å². The molecule has 1 aromatic carbocycles. The number of carbonyl (C=O) groups is 2. The van der Waals surface area contributed by atoms with E-state index in [9.17, 15) is 19.8 Å². The third-order valence-corrected chi connectivity index (χ3v) is 4.15. The van der Waals surface area contributed by atoms with Crippen molar-refractivity contribution < 1.29 is 22.7 Å². The molecule has 4 nitrogen and oxygen atoms in total. The summed E-state index contributed by atoms with van der Waals surface area (Å²) < 4.78 is 0. The first-order valence-corrected chi connectivity index (χ1v) is 8.08. The van der Waals surface area contributed by atoms with Gasteiger partial charge in [0.2, 0.25) is 0 Å². The molecule has 0 aliphatic rings. The van der Waals surface area contributed by atoms with Crippen LogP contribution in [0.3, 0.4) is 0 Å². The average molecular weight is 348 g/mol. The molecule has 0 aromatic heterocycles. The molecular formula is C18H28CaO4. The SMILES string of the molecule is CCCCCCCCCC(C(=O)O)(C(=O)O)c1ccccc1.[Ca+2].[H-].[H-]. The number of rotatable bonds is 11. The summed E-state index contributed by atoms with van der Waals surface area (Å²) in [7, 11) is 0. The Hall–Kier alpha value is -0.580. The summed E-state index contributed by atoms with van der Waals surface area (Å²) in [5.41, 5.74) is -1.48. The molecule has 0 saturated carbocycles. The van der Waals surface area contributed by atoms with Crippen molar-refractivity contribution in [1.82, 2.24) is 0 Å². The molecule has 1 aromatic rings. The van der Waals surface area contributed by atoms with Crippen molar-refractivity contribution in [2.45, 2.75) is 63.7 Å². The number of hydrogen-bond donors (Lipinski definition) is 2. The molecule has 0 saturated heterocycles. The maximum atomic E-state index is 11.7. The summed E-state index contributed by atoms with van der Waals surface area (Å²) in [5, 5.41) is 19.1. The second-order valence-corrected chi connectivity index (χ2v) is 5.75. The molecule has 0 amide bonds. The first kappa shape index (κ1) is 22.4. The Kier molecular flexibility index (Phi) is 11.6. The Balaban J connectivity index is -0.00000161. The van der Waals surface area contributed by atoms with Gasteiger partial charge in [0, 0.05) is 0 Å². The summed E-state index contributed by atoms with van der Waals surface area (Å²) in [6.07, 6.45) is 7.38. The Morgan fingerprint density at radius 1 is 0.913 bits per heavy atom. The predicted molar refractivity (Wildman–Crippen MR) is 94.0 cm³/mol. The number of hydrogen-bond acceptors (Lipinski definition) is 2. The van der Waals surface area contributed by atoms with Crippen LogP contribution in [-0.4, -0.2) is 59.9 Å². The van der Waals surface area contributed by atoms with Gasteiger partial charge in [0.25, 0.3) is 0 Å². The zero-order chi connectivity index (χ0) is 16.4. The Morgan fingerprint density at radius 3 is 1.87 bits per heavy atom. The molecule has 0 bridgehead atoms. The fourth-order valence-electron chi connectivity index (χ4n) is 2.77. The van der Waals surface area contributed by atoms with E-state index in [0.717, 1.165) is 19.3 Å². The van der Waals surface area contributed by atoms with Crippen molar-refractivity contribution in [3.8, 4) is 0 Å². The second-order valence-electron chi connectivity index (χ2n) is 5.75. The van der Waals surface area contributed by atoms with E-state index in [0.29, 0.717) is 12.0 Å². The van der Waals surface area contributed by atoms with Gasteiger partial charge >= 0.3 is 49.7 Å². The van der Waals surface area contributed by atoms with Crippen molar-refractivity contribution >= 4 is 49.7 Å². The van der Waals surface area contributed by atoms with E-state index in [1.807, 2.05) is 0 Å². The third-order valence-electron chi connectivity index (χ3n) is 4.15. The van der Waals surface area contributed by atoms with Crippen LogP contribution in [0.25, 0.3) is 0 Å². The van der Waals surface area contributed by atoms with E-state index < -0.39 is 17.4 Å². The van der Waals surface area contributed by atoms with Gasteiger partial charge in [0.15, 0.2) is 5.41 Å². The zero-order valence-electron chi connectivity index (χ0n) is 16.0. The van der Waals surface area contributed by atoms with Gasteiger partial charge in [-0.05, 0) is 12.0 Å². The molecular weight excluding hydrogens is 320 g/mol. The van der Waals surface area contributed by atoms with E-state index in [-0.39, 0.29) is 47.0 Å². The molecule has 2 N–H and O–H groups in total. The second kappa shape index (κ2) is 11.9. The van der Waals surface area contributed by atoms with Gasteiger partial charge in [0.05, 0.1) is 0 Å². The van der Waals surface area contributed by atoms with Crippen LogP contribution in [0.15, 0.2) is 30.3 Å². The minimum Gasteiger partial charge on any atom is -1.00 e. The summed E-state index contributed by atoms with van der Waals surface area (Å²) >= 11 is 0. The third kappa shape index (κ3) is 6.44. The molecule has 0 radical (unpaired) electrons. The van der Waals surface area contributed by atoms with Crippen LogP contribution < -0.4 is 0 Å². The molecule has 23 heavy (non-hydrogen) atoms. The van der Waals surface area contributed by atoms with Crippen molar-refractivity contribution in [1.29, 1.82) is 0 Å². The normalized spacial score (nSPS) is 10.8. The van der Waals surface area contributed by atoms with Crippen molar-refractivity contribution in [3.63, 3.8) is 0 Å². The Bertz CT molecular complexity index is 469. The molecule has 0 spiro atoms. The zero-order valence-corrected chi connectivity index (χ0v) is 16.2. The number of carboxylic acids is 2. The smallest absolute Gasteiger partial charge is 1.00 e. The topological polar surface area (TPSA) is 74.6 Å². The standard InChI is InChI=1S/C18H26O4.Ca.2H/c1-2-3-4-5-6-7-11-14-18(16(19)20,17(21)22)15-12-9-8-10-13-15;;;/h8-10,12-13H,2-7,11,14H2,1H3,(H,19,20)(H,21,22);;;/q;+2;2*-1. The Morgan fingerprint density at radius 2 is 1.39 bits per heavy atom. The fraction of sp³-hybridized carbons (Fsp3) is 0.556. The summed E-state index contributed by atoms with van der Waals surface area (Å²) in [4.78, 5) is 23.4. The van der Waals surface area contributed by atoms with Crippen LogP contribution in [-0.2, 0) is 15.0 Å². The monoisotopic (exact) mass is 348 g/mol. The molecule has 0 unspecified atom stereocenters. The van der Waals surface area contributed by atoms with Crippen molar-refractivity contribution in [2.24, 2.45) is 0 Å². The van der Waals surface area contributed by atoms with Crippen LogP contribution in [0, 0.1) is 0 Å². The number of aliphatic carboxylic acids is 2. The maximum absolute atomic E-state index is 11.7. The van der Waals surface area contributed by atoms with E-state index in [1.54, 1.807) is 30.3 Å². The number of unbranched alkanes of at least 4 members (excludes halogenated alkanes) is 6. The van der Waals surface area contributed by atoms with Crippen LogP contribution in [0.2, 0.25) is 0 Å². The average Bonchev–Trinajstić information content (AvgIpc) is 2.50. The first-order valence-electron chi connectivity index (χ1n) is 8.08. The van der Waals surface area contributed by atoms with Crippen LogP contribution in [0.4, 0.5) is 0 Å². The number of benzene rings is 1. The molecule has 1 rings (SSSR count). The molecule has 0 heterocycles. The van der Waals surface area contributed by atoms with Gasteiger partial charge in [-0.3, -0.25) is 9.59 Å². The van der Waals surface area contributed by atoms with Crippen LogP contribution in [0.1, 0.15) is 66.7 Å². The molecule has 0 aliphatic heterocycles. The summed E-state index contributed by atoms with van der Waals surface area (Å²) in [6.45, 7) is 2.16. The molecule has 0 fully saturated rings. The molecule has 126 valence electrons. The van der Waals surface area contributed by atoms with Crippen LogP contribution in [0.5, 0.6) is 0 Å². The molecule has 0 aliphatic carbocycles. The number of carboxylic acid groups (broad SMARTS) is 2. The van der Waals surface area contributed by atoms with Gasteiger partial charge in [-0.2, -0.15) is 0 Å². The fourth-order valence-corrected chi connectivity index (χ4v) is 2.77. The first-order chi connectivity index (χ1) is 10.6. The molecule has 5 heteroatoms. The maximum Gasteiger partial charge on any atom is 2.00 e. The van der Waals surface area contributed by atoms with E-state index in [4.69, 9.17) is 0 Å². The van der Waals surface area contributed by atoms with Crippen molar-refractivity contribution in [3.05, 3.63) is 35.9 Å². The van der Waals surface area contributed by atoms with Crippen molar-refractivity contribution in [2.75, 3.05) is 0 Å². The van der Waals surface area contributed by atoms with Gasteiger partial charge in [-0.25, -0.2) is 0 Å². The quantitative estimate of drug-likeness (QED) is 0.359. The van der Waals surface area contributed by atoms with Gasteiger partial charge in [-0.1, -0.05) is 82.2 Å². The van der Waals surface area contributed by atoms with E-state index in [2.05, 4.69) is 6.92 Å². The largest absolute Gasteiger partial charge is 2.00 e. The van der Waals surface area contributed by atoms with Gasteiger partial charge in [0.1, 0.15) is 0 Å². The summed E-state index contributed by atoms with van der Waals surface area (Å²) in [5.74, 6) is -2.56. The minimum absolute atomic E-state index is 0.